The highest BCUT2D eigenvalue weighted by molar-refractivity contribution is 6.07. The highest BCUT2D eigenvalue weighted by atomic mass is 16.1. The number of Topliss-reactive ketones (excluding diaryl/α,β-unsaturated/α-hetero) is 1. The van der Waals surface area contributed by atoms with Crippen LogP contribution in [0.4, 0.5) is 17.2 Å². The first-order chi connectivity index (χ1) is 14.5. The Bertz CT molecular complexity index is 1080. The molecular formula is C25H28N4O. The number of pyridine rings is 1. The minimum absolute atomic E-state index is 0.0326. The number of carbonyl (C=O) groups is 1. The number of nitrogens with zero attached hydrogens (tertiary/aromatic N) is 2. The van der Waals surface area contributed by atoms with Crippen LogP contribution in [0.3, 0.4) is 0 Å². The number of carbonyl (C=O) groups excluding carboxylic acids is 1. The number of para-hydroxylation sites is 1. The van der Waals surface area contributed by atoms with E-state index in [1.54, 1.807) is 0 Å². The lowest BCUT2D eigenvalue weighted by atomic mass is 9.76. The summed E-state index contributed by atoms with van der Waals surface area (Å²) >= 11 is 0. The highest BCUT2D eigenvalue weighted by Gasteiger charge is 2.35. The van der Waals surface area contributed by atoms with Crippen LogP contribution in [0, 0.1) is 5.41 Å². The molecule has 5 heteroatoms. The normalized spacial score (nSPS) is 17.8. The fourth-order valence-electron chi connectivity index (χ4n) is 4.76. The van der Waals surface area contributed by atoms with Gasteiger partial charge >= 0.3 is 0 Å². The first kappa shape index (κ1) is 18.9. The molecule has 1 aliphatic heterocycles. The van der Waals surface area contributed by atoms with Crippen molar-refractivity contribution in [1.82, 2.24) is 9.97 Å². The predicted octanol–water partition coefficient (Wildman–Crippen LogP) is 5.58. The van der Waals surface area contributed by atoms with Crippen LogP contribution in [0.5, 0.6) is 0 Å². The SMILES string of the molecule is CC1(C)CC(=O)c2c([nH]c(-c3ccnc(N4CCCC4)c3)c2Nc2ccccc2)C1. The zero-order valence-electron chi connectivity index (χ0n) is 17.7. The van der Waals surface area contributed by atoms with E-state index >= 15 is 0 Å². The van der Waals surface area contributed by atoms with Crippen LogP contribution in [0.15, 0.2) is 48.7 Å². The van der Waals surface area contributed by atoms with Crippen LogP contribution in [0.1, 0.15) is 49.2 Å². The van der Waals surface area contributed by atoms with E-state index in [4.69, 9.17) is 0 Å². The summed E-state index contributed by atoms with van der Waals surface area (Å²) in [5, 5.41) is 3.54. The number of H-pyrrole nitrogens is 1. The molecule has 5 nitrogen and oxygen atoms in total. The van der Waals surface area contributed by atoms with Gasteiger partial charge in [-0.05, 0) is 48.9 Å². The number of rotatable bonds is 4. The van der Waals surface area contributed by atoms with Crippen LogP contribution < -0.4 is 10.2 Å². The zero-order chi connectivity index (χ0) is 20.7. The van der Waals surface area contributed by atoms with E-state index in [9.17, 15) is 4.79 Å². The summed E-state index contributed by atoms with van der Waals surface area (Å²) in [6.07, 6.45) is 5.73. The number of fused-ring (bicyclic) bond motifs is 1. The van der Waals surface area contributed by atoms with E-state index in [1.165, 1.54) is 12.8 Å². The summed E-state index contributed by atoms with van der Waals surface area (Å²) < 4.78 is 0. The highest BCUT2D eigenvalue weighted by Crippen LogP contribution is 2.43. The molecule has 0 unspecified atom stereocenters. The van der Waals surface area contributed by atoms with Crippen molar-refractivity contribution >= 4 is 23.0 Å². The molecule has 0 saturated carbocycles. The van der Waals surface area contributed by atoms with E-state index in [-0.39, 0.29) is 11.2 Å². The molecule has 2 aromatic heterocycles. The molecule has 0 atom stereocenters. The maximum Gasteiger partial charge on any atom is 0.167 e. The first-order valence-electron chi connectivity index (χ1n) is 10.8. The van der Waals surface area contributed by atoms with Gasteiger partial charge in [-0.2, -0.15) is 0 Å². The van der Waals surface area contributed by atoms with Gasteiger partial charge in [-0.25, -0.2) is 4.98 Å². The Balaban J connectivity index is 1.63. The summed E-state index contributed by atoms with van der Waals surface area (Å²) in [5.74, 6) is 1.21. The van der Waals surface area contributed by atoms with Gasteiger partial charge in [0.15, 0.2) is 5.78 Å². The quantitative estimate of drug-likeness (QED) is 0.600. The molecular weight excluding hydrogens is 372 g/mol. The van der Waals surface area contributed by atoms with Crippen molar-refractivity contribution in [1.29, 1.82) is 0 Å². The Morgan fingerprint density at radius 1 is 1.07 bits per heavy atom. The van der Waals surface area contributed by atoms with E-state index in [0.717, 1.165) is 59.2 Å². The molecule has 154 valence electrons. The van der Waals surface area contributed by atoms with Gasteiger partial charge in [0.25, 0.3) is 0 Å². The minimum atomic E-state index is -0.0326. The second-order valence-electron chi connectivity index (χ2n) is 9.26. The molecule has 1 aliphatic carbocycles. The molecule has 0 amide bonds. The van der Waals surface area contributed by atoms with Gasteiger partial charge in [0.2, 0.25) is 0 Å². The second kappa shape index (κ2) is 7.31. The van der Waals surface area contributed by atoms with Gasteiger partial charge in [-0.3, -0.25) is 4.79 Å². The van der Waals surface area contributed by atoms with Crippen LogP contribution in [-0.2, 0) is 6.42 Å². The summed E-state index contributed by atoms with van der Waals surface area (Å²) in [6.45, 7) is 6.44. The number of aromatic amines is 1. The Morgan fingerprint density at radius 3 is 2.60 bits per heavy atom. The summed E-state index contributed by atoms with van der Waals surface area (Å²) in [5.41, 5.74) is 5.71. The number of hydrogen-bond donors (Lipinski definition) is 2. The number of benzene rings is 1. The van der Waals surface area contributed by atoms with Crippen molar-refractivity contribution < 1.29 is 4.79 Å². The average molecular weight is 401 g/mol. The molecule has 2 N–H and O–H groups in total. The van der Waals surface area contributed by atoms with Crippen LogP contribution in [0.25, 0.3) is 11.3 Å². The zero-order valence-corrected chi connectivity index (χ0v) is 17.7. The van der Waals surface area contributed by atoms with Crippen molar-refractivity contribution in [2.75, 3.05) is 23.3 Å². The molecule has 3 heterocycles. The van der Waals surface area contributed by atoms with Gasteiger partial charge in [0, 0.05) is 42.7 Å². The van der Waals surface area contributed by atoms with Crippen LogP contribution in [0.2, 0.25) is 0 Å². The molecule has 5 rings (SSSR count). The molecule has 0 radical (unpaired) electrons. The third-order valence-corrected chi connectivity index (χ3v) is 6.16. The summed E-state index contributed by atoms with van der Waals surface area (Å²) in [7, 11) is 0. The van der Waals surface area contributed by atoms with Gasteiger partial charge in [-0.15, -0.1) is 0 Å². The van der Waals surface area contributed by atoms with Crippen molar-refractivity contribution in [3.63, 3.8) is 0 Å². The molecule has 1 saturated heterocycles. The summed E-state index contributed by atoms with van der Waals surface area (Å²) in [6, 6.07) is 14.2. The number of hydrogen-bond acceptors (Lipinski definition) is 4. The molecule has 3 aromatic rings. The maximum atomic E-state index is 13.2. The number of anilines is 3. The number of aromatic nitrogens is 2. The van der Waals surface area contributed by atoms with Crippen LogP contribution >= 0.6 is 0 Å². The second-order valence-corrected chi connectivity index (χ2v) is 9.26. The Hall–Kier alpha value is -3.08. The molecule has 30 heavy (non-hydrogen) atoms. The van der Waals surface area contributed by atoms with Crippen molar-refractivity contribution in [3.05, 3.63) is 59.9 Å². The molecule has 0 bridgehead atoms. The van der Waals surface area contributed by atoms with Gasteiger partial charge in [-0.1, -0.05) is 32.0 Å². The number of ketones is 1. The van der Waals surface area contributed by atoms with Crippen molar-refractivity contribution in [2.24, 2.45) is 5.41 Å². The standard InChI is InChI=1S/C25H28N4O/c1-25(2)15-19-22(20(30)16-25)24(27-18-8-4-3-5-9-18)23(28-19)17-10-11-26-21(14-17)29-12-6-7-13-29/h3-5,8-11,14,27-28H,6-7,12-13,15-16H2,1-2H3. The monoisotopic (exact) mass is 400 g/mol. The number of nitrogens with one attached hydrogen (secondary N) is 2. The lowest BCUT2D eigenvalue weighted by molar-refractivity contribution is 0.0912. The maximum absolute atomic E-state index is 13.2. The lowest BCUT2D eigenvalue weighted by Gasteiger charge is -2.28. The third-order valence-electron chi connectivity index (χ3n) is 6.16. The van der Waals surface area contributed by atoms with Gasteiger partial charge in [0.1, 0.15) is 5.82 Å². The largest absolute Gasteiger partial charge is 0.357 e. The van der Waals surface area contributed by atoms with E-state index in [0.29, 0.717) is 6.42 Å². The Kier molecular flexibility index (Phi) is 4.61. The topological polar surface area (TPSA) is 61.0 Å². The molecule has 0 spiro atoms. The molecule has 1 aromatic carbocycles. The smallest absolute Gasteiger partial charge is 0.167 e. The Morgan fingerprint density at radius 2 is 1.83 bits per heavy atom. The fourth-order valence-corrected chi connectivity index (χ4v) is 4.76. The third kappa shape index (κ3) is 3.49. The predicted molar refractivity (Wildman–Crippen MR) is 122 cm³/mol. The van der Waals surface area contributed by atoms with E-state index in [1.807, 2.05) is 42.6 Å². The lowest BCUT2D eigenvalue weighted by Crippen LogP contribution is -2.26. The fraction of sp³-hybridized carbons (Fsp3) is 0.360. The van der Waals surface area contributed by atoms with E-state index in [2.05, 4.69) is 40.1 Å². The van der Waals surface area contributed by atoms with Crippen LogP contribution in [-0.4, -0.2) is 28.8 Å². The molecule has 1 fully saturated rings. The van der Waals surface area contributed by atoms with Crippen molar-refractivity contribution in [3.8, 4) is 11.3 Å². The Labute approximate surface area is 177 Å². The van der Waals surface area contributed by atoms with Gasteiger partial charge < -0.3 is 15.2 Å². The average Bonchev–Trinajstić information content (AvgIpc) is 3.37. The van der Waals surface area contributed by atoms with Gasteiger partial charge in [0.05, 0.1) is 16.9 Å². The first-order valence-corrected chi connectivity index (χ1v) is 10.8. The molecule has 2 aliphatic rings. The van der Waals surface area contributed by atoms with E-state index < -0.39 is 0 Å². The minimum Gasteiger partial charge on any atom is -0.357 e. The van der Waals surface area contributed by atoms with Crippen molar-refractivity contribution in [2.45, 2.75) is 39.5 Å². The summed E-state index contributed by atoms with van der Waals surface area (Å²) in [4.78, 5) is 23.7.